The Morgan fingerprint density at radius 3 is 2.30 bits per heavy atom. The van der Waals surface area contributed by atoms with Gasteiger partial charge in [0.05, 0.1) is 38.3 Å². The van der Waals surface area contributed by atoms with Gasteiger partial charge in [-0.25, -0.2) is 4.98 Å². The van der Waals surface area contributed by atoms with Gasteiger partial charge in [0.15, 0.2) is 5.13 Å². The van der Waals surface area contributed by atoms with Crippen LogP contribution in [-0.2, 0) is 30.9 Å². The summed E-state index contributed by atoms with van der Waals surface area (Å²) in [5.41, 5.74) is 2.04. The van der Waals surface area contributed by atoms with Crippen LogP contribution < -0.4 is 14.8 Å². The predicted octanol–water partition coefficient (Wildman–Crippen LogP) is 5.81. The molecule has 3 aromatic rings. The van der Waals surface area contributed by atoms with Crippen molar-refractivity contribution in [3.8, 4) is 11.5 Å². The molecule has 0 aliphatic heterocycles. The van der Waals surface area contributed by atoms with Crippen molar-refractivity contribution in [1.29, 1.82) is 0 Å². The molecule has 11 heteroatoms. The maximum absolute atomic E-state index is 13.1. The summed E-state index contributed by atoms with van der Waals surface area (Å²) in [5, 5.41) is 4.89. The first kappa shape index (κ1) is 28.8. The number of anilines is 1. The van der Waals surface area contributed by atoms with Gasteiger partial charge in [-0.05, 0) is 31.5 Å². The Kier molecular flexibility index (Phi) is 11.6. The number of hydrogen-bond acceptors (Lipinski definition) is 9. The molecular formula is C26H33N2O7PS. The SMILES string of the molecule is CCOP(=O)(Cc1csc(NC(=O)c2cc(OCCOC)cc(OCCc3ccccc3)c2)n1)OCC. The van der Waals surface area contributed by atoms with Gasteiger partial charge in [0, 0.05) is 30.5 Å². The van der Waals surface area contributed by atoms with Crippen LogP contribution in [0.15, 0.2) is 53.9 Å². The minimum atomic E-state index is -3.29. The normalized spacial score (nSPS) is 11.3. The molecule has 0 aliphatic carbocycles. The average molecular weight is 549 g/mol. The first-order chi connectivity index (χ1) is 17.9. The summed E-state index contributed by atoms with van der Waals surface area (Å²) in [6.45, 7) is 5.24. The standard InChI is InChI=1S/C26H33N2O7PS/c1-4-34-36(30,35-5-2)18-22-19-37-26(27-22)28-25(29)21-15-23(17-24(16-21)33-14-13-31-3)32-12-11-20-9-7-6-8-10-20/h6-10,15-17,19H,4-5,11-14,18H2,1-3H3,(H,27,28,29). The van der Waals surface area contributed by atoms with E-state index in [1.54, 1.807) is 44.5 Å². The lowest BCUT2D eigenvalue weighted by Crippen LogP contribution is -2.13. The molecule has 3 rings (SSSR count). The van der Waals surface area contributed by atoms with Gasteiger partial charge in [-0.3, -0.25) is 14.7 Å². The zero-order valence-corrected chi connectivity index (χ0v) is 23.0. The highest BCUT2D eigenvalue weighted by Gasteiger charge is 2.26. The largest absolute Gasteiger partial charge is 0.493 e. The number of hydrogen-bond donors (Lipinski definition) is 1. The van der Waals surface area contributed by atoms with Crippen LogP contribution in [0, 0.1) is 0 Å². The van der Waals surface area contributed by atoms with E-state index in [1.807, 2.05) is 30.3 Å². The number of nitrogens with zero attached hydrogens (tertiary/aromatic N) is 1. The molecule has 0 saturated carbocycles. The topological polar surface area (TPSA) is 105 Å². The fourth-order valence-corrected chi connectivity index (χ4v) is 5.80. The highest BCUT2D eigenvalue weighted by Crippen LogP contribution is 2.51. The van der Waals surface area contributed by atoms with E-state index in [0.29, 0.717) is 47.7 Å². The Hall–Kier alpha value is -2.75. The Balaban J connectivity index is 1.69. The second-order valence-electron chi connectivity index (χ2n) is 7.82. The monoisotopic (exact) mass is 548 g/mol. The van der Waals surface area contributed by atoms with E-state index in [0.717, 1.165) is 12.0 Å². The van der Waals surface area contributed by atoms with E-state index in [1.165, 1.54) is 11.3 Å². The minimum Gasteiger partial charge on any atom is -0.493 e. The van der Waals surface area contributed by atoms with Crippen LogP contribution in [0.25, 0.3) is 0 Å². The molecular weight excluding hydrogens is 515 g/mol. The van der Waals surface area contributed by atoms with Crippen molar-refractivity contribution in [3.05, 3.63) is 70.7 Å². The number of rotatable bonds is 16. The molecule has 37 heavy (non-hydrogen) atoms. The van der Waals surface area contributed by atoms with Crippen LogP contribution in [0.1, 0.15) is 35.5 Å². The van der Waals surface area contributed by atoms with Gasteiger partial charge < -0.3 is 23.3 Å². The van der Waals surface area contributed by atoms with Crippen LogP contribution >= 0.6 is 18.9 Å². The number of carbonyl (C=O) groups is 1. The van der Waals surface area contributed by atoms with Crippen molar-refractivity contribution < 1.29 is 32.6 Å². The predicted molar refractivity (Wildman–Crippen MR) is 144 cm³/mol. The van der Waals surface area contributed by atoms with Gasteiger partial charge in [-0.2, -0.15) is 0 Å². The van der Waals surface area contributed by atoms with Gasteiger partial charge in [-0.1, -0.05) is 30.3 Å². The molecule has 0 radical (unpaired) electrons. The number of amides is 1. The van der Waals surface area contributed by atoms with Gasteiger partial charge in [0.1, 0.15) is 18.1 Å². The third kappa shape index (κ3) is 9.57. The summed E-state index contributed by atoms with van der Waals surface area (Å²) in [6.07, 6.45) is 0.760. The molecule has 9 nitrogen and oxygen atoms in total. The third-order valence-corrected chi connectivity index (χ3v) is 7.80. The van der Waals surface area contributed by atoms with Crippen molar-refractivity contribution in [2.75, 3.05) is 45.5 Å². The molecule has 0 unspecified atom stereocenters. The van der Waals surface area contributed by atoms with E-state index < -0.39 is 7.60 Å². The Labute approximate surface area is 221 Å². The van der Waals surface area contributed by atoms with Gasteiger partial charge in [0.2, 0.25) is 0 Å². The van der Waals surface area contributed by atoms with Crippen LogP contribution in [0.2, 0.25) is 0 Å². The molecule has 2 aromatic carbocycles. The van der Waals surface area contributed by atoms with E-state index >= 15 is 0 Å². The van der Waals surface area contributed by atoms with Gasteiger partial charge >= 0.3 is 7.60 Å². The summed E-state index contributed by atoms with van der Waals surface area (Å²) in [5.74, 6) is 0.641. The molecule has 0 bridgehead atoms. The number of aromatic nitrogens is 1. The Morgan fingerprint density at radius 1 is 0.973 bits per heavy atom. The highest BCUT2D eigenvalue weighted by atomic mass is 32.1. The summed E-state index contributed by atoms with van der Waals surface area (Å²) in [7, 11) is -1.70. The van der Waals surface area contributed by atoms with Gasteiger partial charge in [-0.15, -0.1) is 11.3 Å². The van der Waals surface area contributed by atoms with Crippen molar-refractivity contribution in [1.82, 2.24) is 4.98 Å². The van der Waals surface area contributed by atoms with Crippen LogP contribution in [0.3, 0.4) is 0 Å². The average Bonchev–Trinajstić information content (AvgIpc) is 3.31. The molecule has 1 N–H and O–H groups in total. The van der Waals surface area contributed by atoms with E-state index in [2.05, 4.69) is 10.3 Å². The lowest BCUT2D eigenvalue weighted by molar-refractivity contribution is 0.102. The Bertz CT molecular complexity index is 1160. The summed E-state index contributed by atoms with van der Waals surface area (Å²) in [4.78, 5) is 17.4. The summed E-state index contributed by atoms with van der Waals surface area (Å²) >= 11 is 1.23. The first-order valence-electron chi connectivity index (χ1n) is 12.0. The maximum Gasteiger partial charge on any atom is 0.336 e. The van der Waals surface area contributed by atoms with Crippen molar-refractivity contribution in [2.24, 2.45) is 0 Å². The molecule has 200 valence electrons. The molecule has 0 atom stereocenters. The zero-order valence-electron chi connectivity index (χ0n) is 21.3. The molecule has 0 aliphatic rings. The molecule has 1 amide bonds. The lowest BCUT2D eigenvalue weighted by atomic mass is 10.1. The fraction of sp³-hybridized carbons (Fsp3) is 0.385. The number of carbonyl (C=O) groups excluding carboxylic acids is 1. The zero-order chi connectivity index (χ0) is 26.5. The molecule has 0 spiro atoms. The number of methoxy groups -OCH3 is 1. The van der Waals surface area contributed by atoms with Crippen LogP contribution in [0.5, 0.6) is 11.5 Å². The quantitative estimate of drug-likeness (QED) is 0.177. The van der Waals surface area contributed by atoms with Gasteiger partial charge in [0.25, 0.3) is 5.91 Å². The Morgan fingerprint density at radius 2 is 1.65 bits per heavy atom. The first-order valence-corrected chi connectivity index (χ1v) is 14.6. The van der Waals surface area contributed by atoms with E-state index in [-0.39, 0.29) is 25.3 Å². The lowest BCUT2D eigenvalue weighted by Gasteiger charge is -2.15. The summed E-state index contributed by atoms with van der Waals surface area (Å²) in [6, 6.07) is 15.1. The number of nitrogens with one attached hydrogen (secondary N) is 1. The van der Waals surface area contributed by atoms with Crippen LogP contribution in [-0.4, -0.2) is 51.0 Å². The number of benzene rings is 2. The number of thiazole rings is 1. The highest BCUT2D eigenvalue weighted by molar-refractivity contribution is 7.53. The number of ether oxygens (including phenoxy) is 3. The second kappa shape index (κ2) is 14.9. The molecule has 0 saturated heterocycles. The maximum atomic E-state index is 13.1. The third-order valence-electron chi connectivity index (χ3n) is 4.98. The minimum absolute atomic E-state index is 0.0310. The summed E-state index contributed by atoms with van der Waals surface area (Å²) < 4.78 is 40.2. The van der Waals surface area contributed by atoms with E-state index in [4.69, 9.17) is 23.3 Å². The molecule has 1 heterocycles. The molecule has 0 fully saturated rings. The fourth-order valence-electron chi connectivity index (χ4n) is 3.37. The van der Waals surface area contributed by atoms with Crippen LogP contribution in [0.4, 0.5) is 5.13 Å². The smallest absolute Gasteiger partial charge is 0.336 e. The van der Waals surface area contributed by atoms with E-state index in [9.17, 15) is 9.36 Å². The second-order valence-corrected chi connectivity index (χ2v) is 10.7. The van der Waals surface area contributed by atoms with Crippen molar-refractivity contribution in [3.63, 3.8) is 0 Å². The van der Waals surface area contributed by atoms with Crippen molar-refractivity contribution in [2.45, 2.75) is 26.4 Å². The van der Waals surface area contributed by atoms with Crippen molar-refractivity contribution >= 4 is 30.0 Å². The molecule has 1 aromatic heterocycles.